The Kier molecular flexibility index (Phi) is 4.75. The fraction of sp³-hybridized carbons (Fsp3) is 0.412. The van der Waals surface area contributed by atoms with Crippen LogP contribution in [0.3, 0.4) is 0 Å². The molecule has 0 unspecified atom stereocenters. The number of nitriles is 1. The molecule has 0 amide bonds. The van der Waals surface area contributed by atoms with Crippen LogP contribution < -0.4 is 15.6 Å². The third-order valence-electron chi connectivity index (χ3n) is 4.18. The molecule has 7 nitrogen and oxygen atoms in total. The van der Waals surface area contributed by atoms with Gasteiger partial charge in [-0.05, 0) is 31.7 Å². The van der Waals surface area contributed by atoms with Gasteiger partial charge in [0, 0.05) is 37.7 Å². The molecular formula is C17H19N5O2. The van der Waals surface area contributed by atoms with Gasteiger partial charge in [0.15, 0.2) is 5.82 Å². The van der Waals surface area contributed by atoms with Crippen LogP contribution in [0.4, 0.5) is 5.82 Å². The van der Waals surface area contributed by atoms with E-state index in [-0.39, 0.29) is 17.7 Å². The molecule has 0 spiro atoms. The first kappa shape index (κ1) is 16.0. The van der Waals surface area contributed by atoms with Crippen LogP contribution in [0.15, 0.2) is 35.5 Å². The fourth-order valence-corrected chi connectivity index (χ4v) is 2.80. The normalized spacial score (nSPS) is 20.2. The minimum Gasteiger partial charge on any atom is -0.474 e. The maximum absolute atomic E-state index is 12.0. The predicted octanol–water partition coefficient (Wildman–Crippen LogP) is 1.85. The van der Waals surface area contributed by atoms with E-state index in [1.165, 1.54) is 10.8 Å². The van der Waals surface area contributed by atoms with Crippen molar-refractivity contribution in [3.63, 3.8) is 0 Å². The van der Waals surface area contributed by atoms with Crippen molar-refractivity contribution in [2.75, 3.05) is 5.32 Å². The van der Waals surface area contributed by atoms with Gasteiger partial charge in [-0.25, -0.2) is 9.97 Å². The van der Waals surface area contributed by atoms with Crippen LogP contribution in [0.5, 0.6) is 5.88 Å². The Balaban J connectivity index is 1.53. The average molecular weight is 325 g/mol. The standard InChI is InChI=1S/C17H19N5O2/c1-22-9-8-19-16(17(22)23)21-13-3-5-14(6-4-13)24-15-7-2-12(10-18)11-20-15/h2,7-9,11,13-14H,3-6H2,1H3,(H,19,21). The van der Waals surface area contributed by atoms with E-state index in [0.29, 0.717) is 17.3 Å². The van der Waals surface area contributed by atoms with Gasteiger partial charge in [-0.3, -0.25) is 4.79 Å². The van der Waals surface area contributed by atoms with E-state index in [1.807, 2.05) is 6.07 Å². The number of rotatable bonds is 4. The quantitative estimate of drug-likeness (QED) is 0.922. The summed E-state index contributed by atoms with van der Waals surface area (Å²) in [5, 5.41) is 12.0. The highest BCUT2D eigenvalue weighted by Crippen LogP contribution is 2.24. The molecule has 124 valence electrons. The monoisotopic (exact) mass is 325 g/mol. The molecule has 1 aliphatic carbocycles. The molecule has 7 heteroatoms. The molecule has 2 heterocycles. The van der Waals surface area contributed by atoms with Crippen molar-refractivity contribution in [2.45, 2.75) is 37.8 Å². The smallest absolute Gasteiger partial charge is 0.293 e. The number of ether oxygens (including phenoxy) is 1. The molecule has 24 heavy (non-hydrogen) atoms. The zero-order chi connectivity index (χ0) is 16.9. The number of nitrogens with zero attached hydrogens (tertiary/aromatic N) is 4. The fourth-order valence-electron chi connectivity index (χ4n) is 2.80. The minimum absolute atomic E-state index is 0.107. The van der Waals surface area contributed by atoms with Crippen molar-refractivity contribution in [3.8, 4) is 11.9 Å². The van der Waals surface area contributed by atoms with Crippen LogP contribution >= 0.6 is 0 Å². The predicted molar refractivity (Wildman–Crippen MR) is 88.7 cm³/mol. The number of aryl methyl sites for hydroxylation is 1. The van der Waals surface area contributed by atoms with E-state index >= 15 is 0 Å². The Morgan fingerprint density at radius 3 is 2.75 bits per heavy atom. The van der Waals surface area contributed by atoms with Gasteiger partial charge in [-0.2, -0.15) is 5.26 Å². The largest absolute Gasteiger partial charge is 0.474 e. The summed E-state index contributed by atoms with van der Waals surface area (Å²) in [7, 11) is 1.71. The molecule has 0 bridgehead atoms. The van der Waals surface area contributed by atoms with Gasteiger partial charge in [0.1, 0.15) is 12.2 Å². The molecule has 0 atom stereocenters. The van der Waals surface area contributed by atoms with Gasteiger partial charge >= 0.3 is 0 Å². The zero-order valence-electron chi connectivity index (χ0n) is 13.5. The Labute approximate surface area is 139 Å². The van der Waals surface area contributed by atoms with E-state index in [4.69, 9.17) is 10.00 Å². The van der Waals surface area contributed by atoms with Crippen LogP contribution in [0.2, 0.25) is 0 Å². The first-order valence-electron chi connectivity index (χ1n) is 7.96. The van der Waals surface area contributed by atoms with Gasteiger partial charge in [0.25, 0.3) is 5.56 Å². The van der Waals surface area contributed by atoms with Gasteiger partial charge in [0.05, 0.1) is 5.56 Å². The van der Waals surface area contributed by atoms with Gasteiger partial charge < -0.3 is 14.6 Å². The maximum Gasteiger partial charge on any atom is 0.293 e. The zero-order valence-corrected chi connectivity index (χ0v) is 13.5. The van der Waals surface area contributed by atoms with Gasteiger partial charge in [0.2, 0.25) is 5.88 Å². The lowest BCUT2D eigenvalue weighted by Crippen LogP contribution is -2.34. The molecule has 2 aromatic rings. The van der Waals surface area contributed by atoms with Crippen molar-refractivity contribution in [1.29, 1.82) is 5.26 Å². The van der Waals surface area contributed by atoms with Crippen LogP contribution in [-0.2, 0) is 7.05 Å². The lowest BCUT2D eigenvalue weighted by atomic mass is 9.93. The highest BCUT2D eigenvalue weighted by molar-refractivity contribution is 5.32. The topological polar surface area (TPSA) is 92.8 Å². The van der Waals surface area contributed by atoms with Crippen LogP contribution in [0.1, 0.15) is 31.2 Å². The van der Waals surface area contributed by atoms with E-state index < -0.39 is 0 Å². The lowest BCUT2D eigenvalue weighted by molar-refractivity contribution is 0.144. The molecule has 1 aliphatic rings. The summed E-state index contributed by atoms with van der Waals surface area (Å²) in [5.41, 5.74) is 0.407. The molecule has 3 rings (SSSR count). The molecule has 0 radical (unpaired) electrons. The molecule has 1 fully saturated rings. The number of hydrogen-bond acceptors (Lipinski definition) is 6. The van der Waals surface area contributed by atoms with Crippen LogP contribution in [0.25, 0.3) is 0 Å². The molecule has 1 N–H and O–H groups in total. The molecule has 2 aromatic heterocycles. The maximum atomic E-state index is 12.0. The van der Waals surface area contributed by atoms with Crippen molar-refractivity contribution >= 4 is 5.82 Å². The van der Waals surface area contributed by atoms with Gasteiger partial charge in [-0.15, -0.1) is 0 Å². The summed E-state index contributed by atoms with van der Waals surface area (Å²) >= 11 is 0. The Bertz CT molecular complexity index is 786. The number of nitrogens with one attached hydrogen (secondary N) is 1. The highest BCUT2D eigenvalue weighted by atomic mass is 16.5. The van der Waals surface area contributed by atoms with Crippen molar-refractivity contribution in [3.05, 3.63) is 46.6 Å². The molecular weight excluding hydrogens is 306 g/mol. The van der Waals surface area contributed by atoms with Gasteiger partial charge in [-0.1, -0.05) is 0 Å². The minimum atomic E-state index is -0.113. The first-order valence-corrected chi connectivity index (χ1v) is 7.96. The Hall–Kier alpha value is -2.88. The summed E-state index contributed by atoms with van der Waals surface area (Å²) in [4.78, 5) is 20.2. The second-order valence-electron chi connectivity index (χ2n) is 5.92. The molecule has 0 aromatic carbocycles. The van der Waals surface area contributed by atoms with E-state index in [9.17, 15) is 4.79 Å². The van der Waals surface area contributed by atoms with E-state index in [0.717, 1.165) is 25.7 Å². The Morgan fingerprint density at radius 1 is 1.29 bits per heavy atom. The van der Waals surface area contributed by atoms with Crippen molar-refractivity contribution in [2.24, 2.45) is 7.05 Å². The highest BCUT2D eigenvalue weighted by Gasteiger charge is 2.23. The summed E-state index contributed by atoms with van der Waals surface area (Å²) in [6, 6.07) is 5.68. The van der Waals surface area contributed by atoms with Crippen molar-refractivity contribution in [1.82, 2.24) is 14.5 Å². The molecule has 0 saturated heterocycles. The van der Waals surface area contributed by atoms with Crippen molar-refractivity contribution < 1.29 is 4.74 Å². The third kappa shape index (κ3) is 3.71. The summed E-state index contributed by atoms with van der Waals surface area (Å²) in [5.74, 6) is 0.946. The second kappa shape index (κ2) is 7.13. The number of aromatic nitrogens is 3. The van der Waals surface area contributed by atoms with Crippen LogP contribution in [0, 0.1) is 11.3 Å². The SMILES string of the molecule is Cn1ccnc(NC2CCC(Oc3ccc(C#N)cn3)CC2)c1=O. The van der Waals surface area contributed by atoms with Crippen LogP contribution in [-0.4, -0.2) is 26.7 Å². The van der Waals surface area contributed by atoms with E-state index in [2.05, 4.69) is 15.3 Å². The summed E-state index contributed by atoms with van der Waals surface area (Å²) in [6.07, 6.45) is 8.45. The number of anilines is 1. The first-order chi connectivity index (χ1) is 11.7. The van der Waals surface area contributed by atoms with E-state index in [1.54, 1.807) is 31.6 Å². The molecule has 1 saturated carbocycles. The number of pyridine rings is 1. The average Bonchev–Trinajstić information content (AvgIpc) is 2.61. The Morgan fingerprint density at radius 2 is 2.08 bits per heavy atom. The summed E-state index contributed by atoms with van der Waals surface area (Å²) < 4.78 is 7.38. The molecule has 0 aliphatic heterocycles. The lowest BCUT2D eigenvalue weighted by Gasteiger charge is -2.29. The third-order valence-corrected chi connectivity index (χ3v) is 4.18. The second-order valence-corrected chi connectivity index (χ2v) is 5.92. The number of hydrogen-bond donors (Lipinski definition) is 1. The summed E-state index contributed by atoms with van der Waals surface area (Å²) in [6.45, 7) is 0.